The van der Waals surface area contributed by atoms with Crippen LogP contribution >= 0.6 is 15.9 Å². The summed E-state index contributed by atoms with van der Waals surface area (Å²) in [5.74, 6) is -0.211. The van der Waals surface area contributed by atoms with E-state index in [0.717, 1.165) is 27.7 Å². The number of carbonyl (C=O) groups excluding carboxylic acids is 2. The molecule has 0 heterocycles. The number of esters is 1. The fourth-order valence-corrected chi connectivity index (χ4v) is 2.93. The summed E-state index contributed by atoms with van der Waals surface area (Å²) >= 11 is 3.38. The van der Waals surface area contributed by atoms with Gasteiger partial charge in [-0.05, 0) is 43.2 Å². The molecule has 2 rings (SSSR count). The van der Waals surface area contributed by atoms with Crippen molar-refractivity contribution in [3.63, 3.8) is 0 Å². The van der Waals surface area contributed by atoms with E-state index in [1.165, 1.54) is 6.07 Å². The molecule has 25 heavy (non-hydrogen) atoms. The number of hydrogen-bond donors (Lipinski definition) is 0. The summed E-state index contributed by atoms with van der Waals surface area (Å²) in [6, 6.07) is 7.11. The normalized spacial score (nSPS) is 10.2. The largest absolute Gasteiger partial charge is 0.481 e. The van der Waals surface area contributed by atoms with Crippen LogP contribution in [0.15, 0.2) is 34.8 Å². The lowest BCUT2D eigenvalue weighted by atomic mass is 10.1. The summed E-state index contributed by atoms with van der Waals surface area (Å²) in [7, 11) is 0. The van der Waals surface area contributed by atoms with Crippen LogP contribution in [0, 0.1) is 24.0 Å². The second kappa shape index (κ2) is 7.89. The zero-order valence-corrected chi connectivity index (χ0v) is 15.0. The number of nitro benzene ring substituents is 1. The highest BCUT2D eigenvalue weighted by atomic mass is 79.9. The van der Waals surface area contributed by atoms with E-state index in [4.69, 9.17) is 9.47 Å². The van der Waals surface area contributed by atoms with Gasteiger partial charge in [0.15, 0.2) is 12.9 Å². The summed E-state index contributed by atoms with van der Waals surface area (Å²) in [6.07, 6.45) is 0.388. The van der Waals surface area contributed by atoms with E-state index in [9.17, 15) is 19.7 Å². The topological polar surface area (TPSA) is 95.7 Å². The van der Waals surface area contributed by atoms with Gasteiger partial charge >= 0.3 is 5.97 Å². The number of halogens is 1. The molecule has 0 atom stereocenters. The van der Waals surface area contributed by atoms with E-state index < -0.39 is 10.9 Å². The molecule has 7 nitrogen and oxygen atoms in total. The molecule has 0 aromatic heterocycles. The summed E-state index contributed by atoms with van der Waals surface area (Å²) in [6.45, 7) is 3.33. The second-order valence-corrected chi connectivity index (χ2v) is 6.14. The Kier molecular flexibility index (Phi) is 5.87. The lowest BCUT2D eigenvalue weighted by Crippen LogP contribution is -2.19. The average Bonchev–Trinajstić information content (AvgIpc) is 2.53. The highest BCUT2D eigenvalue weighted by Gasteiger charge is 2.15. The minimum Gasteiger partial charge on any atom is -0.481 e. The SMILES string of the molecule is Cc1cc(Br)cc(C)c1OCC(=O)Oc1ccc([N+](=O)[O-])cc1C=O. The third kappa shape index (κ3) is 4.63. The van der Waals surface area contributed by atoms with Crippen LogP contribution in [-0.2, 0) is 4.79 Å². The number of non-ortho nitro benzene ring substituents is 1. The quantitative estimate of drug-likeness (QED) is 0.237. The number of rotatable bonds is 6. The van der Waals surface area contributed by atoms with Crippen molar-refractivity contribution in [2.75, 3.05) is 6.61 Å². The van der Waals surface area contributed by atoms with Crippen molar-refractivity contribution in [1.29, 1.82) is 0 Å². The summed E-state index contributed by atoms with van der Waals surface area (Å²) in [5, 5.41) is 10.7. The van der Waals surface area contributed by atoms with Crippen molar-refractivity contribution in [3.05, 3.63) is 61.6 Å². The molecule has 0 aliphatic heterocycles. The number of hydrogen-bond acceptors (Lipinski definition) is 6. The van der Waals surface area contributed by atoms with Gasteiger partial charge < -0.3 is 9.47 Å². The van der Waals surface area contributed by atoms with Crippen LogP contribution in [0.1, 0.15) is 21.5 Å². The third-order valence-electron chi connectivity index (χ3n) is 3.31. The third-order valence-corrected chi connectivity index (χ3v) is 3.77. The number of carbonyl (C=O) groups is 2. The molecule has 0 saturated heterocycles. The molecule has 0 aliphatic carbocycles. The minimum atomic E-state index is -0.723. The van der Waals surface area contributed by atoms with E-state index >= 15 is 0 Å². The van der Waals surface area contributed by atoms with Crippen molar-refractivity contribution in [2.24, 2.45) is 0 Å². The molecule has 2 aromatic carbocycles. The van der Waals surface area contributed by atoms with Crippen molar-refractivity contribution in [1.82, 2.24) is 0 Å². The van der Waals surface area contributed by atoms with Gasteiger partial charge in [-0.25, -0.2) is 4.79 Å². The monoisotopic (exact) mass is 407 g/mol. The first-order chi connectivity index (χ1) is 11.8. The molecule has 0 radical (unpaired) electrons. The molecule has 0 N–H and O–H groups in total. The Balaban J connectivity index is 2.08. The number of aldehydes is 1. The number of aryl methyl sites for hydroxylation is 2. The van der Waals surface area contributed by atoms with E-state index in [2.05, 4.69) is 15.9 Å². The Morgan fingerprint density at radius 3 is 2.44 bits per heavy atom. The van der Waals surface area contributed by atoms with E-state index in [1.54, 1.807) is 0 Å². The second-order valence-electron chi connectivity index (χ2n) is 5.23. The van der Waals surface area contributed by atoms with Crippen molar-refractivity contribution in [2.45, 2.75) is 13.8 Å². The van der Waals surface area contributed by atoms with Crippen LogP contribution in [0.5, 0.6) is 11.5 Å². The van der Waals surface area contributed by atoms with Crippen LogP contribution in [-0.4, -0.2) is 23.8 Å². The molecular weight excluding hydrogens is 394 g/mol. The summed E-state index contributed by atoms with van der Waals surface area (Å²) in [5.41, 5.74) is 1.35. The first-order valence-corrected chi connectivity index (χ1v) is 7.95. The molecule has 0 aliphatic rings. The van der Waals surface area contributed by atoms with Gasteiger partial charge in [0.2, 0.25) is 0 Å². The molecule has 8 heteroatoms. The van der Waals surface area contributed by atoms with Crippen LogP contribution in [0.2, 0.25) is 0 Å². The van der Waals surface area contributed by atoms with Gasteiger partial charge in [-0.2, -0.15) is 0 Å². The molecule has 130 valence electrons. The first kappa shape index (κ1) is 18.6. The fourth-order valence-electron chi connectivity index (χ4n) is 2.24. The van der Waals surface area contributed by atoms with Crippen LogP contribution in [0.4, 0.5) is 5.69 Å². The Morgan fingerprint density at radius 2 is 1.88 bits per heavy atom. The van der Waals surface area contributed by atoms with Gasteiger partial charge in [-0.15, -0.1) is 0 Å². The van der Waals surface area contributed by atoms with Gasteiger partial charge in [0.05, 0.1) is 10.5 Å². The standard InChI is InChI=1S/C17H14BrNO6/c1-10-5-13(18)6-11(2)17(10)24-9-16(21)25-15-4-3-14(19(22)23)7-12(15)8-20/h3-8H,9H2,1-2H3. The van der Waals surface area contributed by atoms with Crippen molar-refractivity contribution < 1.29 is 24.0 Å². The highest BCUT2D eigenvalue weighted by Crippen LogP contribution is 2.27. The lowest BCUT2D eigenvalue weighted by Gasteiger charge is -2.12. The van der Waals surface area contributed by atoms with E-state index in [0.29, 0.717) is 12.0 Å². The molecule has 2 aromatic rings. The van der Waals surface area contributed by atoms with Crippen LogP contribution < -0.4 is 9.47 Å². The van der Waals surface area contributed by atoms with Crippen molar-refractivity contribution in [3.8, 4) is 11.5 Å². The Hall–Kier alpha value is -2.74. The number of nitro groups is 1. The van der Waals surface area contributed by atoms with Gasteiger partial charge in [0.25, 0.3) is 5.69 Å². The van der Waals surface area contributed by atoms with Gasteiger partial charge in [-0.3, -0.25) is 14.9 Å². The number of benzene rings is 2. The maximum absolute atomic E-state index is 12.0. The Morgan fingerprint density at radius 1 is 1.24 bits per heavy atom. The zero-order chi connectivity index (χ0) is 18.6. The number of nitrogens with zero attached hydrogens (tertiary/aromatic N) is 1. The predicted octanol–water partition coefficient (Wildman–Crippen LogP) is 3.77. The summed E-state index contributed by atoms with van der Waals surface area (Å²) < 4.78 is 11.5. The minimum absolute atomic E-state index is 0.0570. The molecule has 0 bridgehead atoms. The van der Waals surface area contributed by atoms with Crippen LogP contribution in [0.25, 0.3) is 0 Å². The molecule has 0 fully saturated rings. The van der Waals surface area contributed by atoms with Crippen LogP contribution in [0.3, 0.4) is 0 Å². The Labute approximate surface area is 151 Å². The first-order valence-electron chi connectivity index (χ1n) is 7.15. The highest BCUT2D eigenvalue weighted by molar-refractivity contribution is 9.10. The van der Waals surface area contributed by atoms with Crippen molar-refractivity contribution >= 4 is 33.9 Å². The lowest BCUT2D eigenvalue weighted by molar-refractivity contribution is -0.384. The average molecular weight is 408 g/mol. The molecule has 0 unspecified atom stereocenters. The summed E-state index contributed by atoms with van der Waals surface area (Å²) in [4.78, 5) is 33.1. The molecule has 0 amide bonds. The fraction of sp³-hybridized carbons (Fsp3) is 0.176. The number of ether oxygens (including phenoxy) is 2. The van der Waals surface area contributed by atoms with Gasteiger partial charge in [0.1, 0.15) is 11.5 Å². The predicted molar refractivity (Wildman–Crippen MR) is 93.2 cm³/mol. The zero-order valence-electron chi connectivity index (χ0n) is 13.4. The molecule has 0 spiro atoms. The molecule has 0 saturated carbocycles. The molecular formula is C17H14BrNO6. The maximum atomic E-state index is 12.0. The maximum Gasteiger partial charge on any atom is 0.349 e. The van der Waals surface area contributed by atoms with E-state index in [1.807, 2.05) is 26.0 Å². The smallest absolute Gasteiger partial charge is 0.349 e. The van der Waals surface area contributed by atoms with Gasteiger partial charge in [0, 0.05) is 16.6 Å². The Bertz CT molecular complexity index is 826. The van der Waals surface area contributed by atoms with Gasteiger partial charge in [-0.1, -0.05) is 15.9 Å². The van der Waals surface area contributed by atoms with E-state index in [-0.39, 0.29) is 23.6 Å².